The molecule has 2 aliphatic carbocycles. The fraction of sp³-hybridized carbons (Fsp3) is 0.567. The lowest BCUT2D eigenvalue weighted by Gasteiger charge is -2.40. The lowest BCUT2D eigenvalue weighted by atomic mass is 9.70. The van der Waals surface area contributed by atoms with Gasteiger partial charge in [-0.05, 0) is 59.6 Å². The molecule has 1 saturated heterocycles. The van der Waals surface area contributed by atoms with E-state index in [1.165, 1.54) is 16.4 Å². The first-order valence-electron chi connectivity index (χ1n) is 14.0. The number of nitrogens with zero attached hydrogens (tertiary/aromatic N) is 2. The van der Waals surface area contributed by atoms with E-state index >= 15 is 0 Å². The fourth-order valence-corrected chi connectivity index (χ4v) is 9.18. The van der Waals surface area contributed by atoms with Crippen molar-refractivity contribution in [3.63, 3.8) is 0 Å². The minimum Gasteiger partial charge on any atom is -0.368 e. The highest BCUT2D eigenvalue weighted by Crippen LogP contribution is 2.64. The molecule has 1 aliphatic heterocycles. The highest BCUT2D eigenvalue weighted by atomic mass is 35.5. The Balaban J connectivity index is 1.22. The van der Waals surface area contributed by atoms with Gasteiger partial charge in [0.15, 0.2) is 0 Å². The van der Waals surface area contributed by atoms with Crippen molar-refractivity contribution in [3.05, 3.63) is 70.2 Å². The molecule has 1 heterocycles. The molecule has 0 radical (unpaired) electrons. The van der Waals surface area contributed by atoms with Gasteiger partial charge in [-0.1, -0.05) is 49.7 Å². The van der Waals surface area contributed by atoms with E-state index in [4.69, 9.17) is 16.3 Å². The number of sulfonamides is 1. The van der Waals surface area contributed by atoms with E-state index in [-0.39, 0.29) is 29.5 Å². The van der Waals surface area contributed by atoms with Crippen molar-refractivity contribution in [3.8, 4) is 0 Å². The molecule has 2 aromatic carbocycles. The van der Waals surface area contributed by atoms with Gasteiger partial charge in [-0.3, -0.25) is 9.69 Å². The zero-order valence-electron chi connectivity index (χ0n) is 23.3. The number of rotatable bonds is 9. The van der Waals surface area contributed by atoms with Crippen LogP contribution in [-0.2, 0) is 32.3 Å². The maximum absolute atomic E-state index is 13.5. The first-order valence-corrected chi connectivity index (χ1v) is 16.0. The van der Waals surface area contributed by atoms with E-state index in [9.17, 15) is 26.4 Å². The summed E-state index contributed by atoms with van der Waals surface area (Å²) in [6, 6.07) is 12.1. The summed E-state index contributed by atoms with van der Waals surface area (Å²) in [4.78, 5) is 15.1. The topological polar surface area (TPSA) is 66.9 Å². The van der Waals surface area contributed by atoms with Gasteiger partial charge < -0.3 is 4.74 Å². The number of alkyl halides is 3. The molecule has 0 amide bonds. The molecule has 2 bridgehead atoms. The van der Waals surface area contributed by atoms with Crippen LogP contribution in [-0.4, -0.2) is 61.9 Å². The average Bonchev–Trinajstić information content (AvgIpc) is 3.26. The smallest absolute Gasteiger partial charge is 0.368 e. The molecular formula is C30H36ClF3N2O4S. The van der Waals surface area contributed by atoms with Crippen LogP contribution >= 0.6 is 11.6 Å². The van der Waals surface area contributed by atoms with Crippen LogP contribution < -0.4 is 0 Å². The molecule has 5 rings (SSSR count). The normalized spacial score (nSPS) is 26.0. The number of carbonyl (C=O) groups excluding carboxylic acids is 1. The van der Waals surface area contributed by atoms with Gasteiger partial charge in [0, 0.05) is 49.6 Å². The molecule has 0 unspecified atom stereocenters. The maximum atomic E-state index is 13.5. The number of ether oxygens (including phenoxy) is 1. The number of hydrogen-bond donors (Lipinski definition) is 0. The predicted octanol–water partition coefficient (Wildman–Crippen LogP) is 5.96. The Labute approximate surface area is 244 Å². The number of benzene rings is 2. The van der Waals surface area contributed by atoms with Gasteiger partial charge in [-0.2, -0.15) is 17.5 Å². The first-order chi connectivity index (χ1) is 19.2. The third-order valence-electron chi connectivity index (χ3n) is 9.69. The third kappa shape index (κ3) is 6.09. The Hall–Kier alpha value is -1.98. The second kappa shape index (κ2) is 11.3. The Bertz CT molecular complexity index is 1360. The molecular weight excluding hydrogens is 577 g/mol. The summed E-state index contributed by atoms with van der Waals surface area (Å²) in [5.41, 5.74) is -0.329. The minimum absolute atomic E-state index is 0.0944. The second-order valence-electron chi connectivity index (χ2n) is 12.2. The largest absolute Gasteiger partial charge is 0.416 e. The van der Waals surface area contributed by atoms with Gasteiger partial charge in [-0.25, -0.2) is 8.42 Å². The molecule has 0 N–H and O–H groups in total. The quantitative estimate of drug-likeness (QED) is 0.350. The minimum atomic E-state index is -4.40. The molecule has 3 aliphatic rings. The Morgan fingerprint density at radius 1 is 1.02 bits per heavy atom. The molecule has 3 fully saturated rings. The van der Waals surface area contributed by atoms with Crippen LogP contribution in [0.3, 0.4) is 0 Å². The zero-order chi connectivity index (χ0) is 29.6. The van der Waals surface area contributed by atoms with Gasteiger partial charge in [-0.15, -0.1) is 0 Å². The number of ketones is 1. The maximum Gasteiger partial charge on any atom is 0.416 e. The van der Waals surface area contributed by atoms with Crippen LogP contribution in [0.1, 0.15) is 55.9 Å². The third-order valence-corrected chi connectivity index (χ3v) is 12.0. The van der Waals surface area contributed by atoms with Crippen molar-refractivity contribution >= 4 is 27.4 Å². The van der Waals surface area contributed by atoms with E-state index in [1.54, 1.807) is 12.1 Å². The summed E-state index contributed by atoms with van der Waals surface area (Å²) in [5.74, 6) is 0.234. The molecule has 6 nitrogen and oxygen atoms in total. The van der Waals surface area contributed by atoms with E-state index in [0.29, 0.717) is 56.2 Å². The Morgan fingerprint density at radius 2 is 1.66 bits per heavy atom. The van der Waals surface area contributed by atoms with Gasteiger partial charge in [0.1, 0.15) is 5.78 Å². The van der Waals surface area contributed by atoms with Gasteiger partial charge >= 0.3 is 6.18 Å². The number of halogens is 4. The van der Waals surface area contributed by atoms with Crippen LogP contribution in [0.2, 0.25) is 5.02 Å². The molecule has 41 heavy (non-hydrogen) atoms. The van der Waals surface area contributed by atoms with Crippen molar-refractivity contribution < 1.29 is 31.1 Å². The van der Waals surface area contributed by atoms with Crippen LogP contribution in [0.15, 0.2) is 48.5 Å². The molecule has 2 saturated carbocycles. The molecule has 3 atom stereocenters. The van der Waals surface area contributed by atoms with Crippen molar-refractivity contribution in [2.24, 2.45) is 16.7 Å². The standard InChI is InChI=1S/C30H36ClF3N2O4S/c1-28(2)24-11-12-29(28,27(37)17-24)20-41(38,39)36-15-13-35(14-16-36)18-26(22-5-9-25(31)10-6-22)40-19-21-3-7-23(8-4-21)30(32,33)34/h3-10,24,26H,11-20H2,1-2H3/t24-,26-,29-/m0/s1. The second-order valence-corrected chi connectivity index (χ2v) is 14.6. The average molecular weight is 613 g/mol. The van der Waals surface area contributed by atoms with Crippen molar-refractivity contribution in [2.45, 2.75) is 52.0 Å². The molecule has 224 valence electrons. The highest BCUT2D eigenvalue weighted by molar-refractivity contribution is 7.89. The van der Waals surface area contributed by atoms with Crippen molar-refractivity contribution in [1.82, 2.24) is 9.21 Å². The molecule has 0 aromatic heterocycles. The summed E-state index contributed by atoms with van der Waals surface area (Å²) in [7, 11) is -3.62. The molecule has 0 spiro atoms. The van der Waals surface area contributed by atoms with Crippen molar-refractivity contribution in [1.29, 1.82) is 0 Å². The van der Waals surface area contributed by atoms with Gasteiger partial charge in [0.05, 0.1) is 24.0 Å². The Kier molecular flexibility index (Phi) is 8.37. The van der Waals surface area contributed by atoms with Crippen LogP contribution in [0.5, 0.6) is 0 Å². The van der Waals surface area contributed by atoms with Crippen LogP contribution in [0, 0.1) is 16.7 Å². The lowest BCUT2D eigenvalue weighted by Crippen LogP contribution is -2.53. The van der Waals surface area contributed by atoms with Crippen LogP contribution in [0.4, 0.5) is 13.2 Å². The van der Waals surface area contributed by atoms with Crippen molar-refractivity contribution in [2.75, 3.05) is 38.5 Å². The number of carbonyl (C=O) groups is 1. The lowest BCUT2D eigenvalue weighted by molar-refractivity contribution is -0.137. The number of fused-ring (bicyclic) bond motifs is 2. The molecule has 11 heteroatoms. The fourth-order valence-electron chi connectivity index (χ4n) is 6.85. The monoisotopic (exact) mass is 612 g/mol. The number of Topliss-reactive ketones (excluding diaryl/α,β-unsaturated/α-hetero) is 1. The first kappa shape index (κ1) is 30.5. The summed E-state index contributed by atoms with van der Waals surface area (Å²) >= 11 is 6.08. The van der Waals surface area contributed by atoms with Gasteiger partial charge in [0.25, 0.3) is 0 Å². The Morgan fingerprint density at radius 3 is 2.20 bits per heavy atom. The predicted molar refractivity (Wildman–Crippen MR) is 151 cm³/mol. The van der Waals surface area contributed by atoms with Crippen LogP contribution in [0.25, 0.3) is 0 Å². The van der Waals surface area contributed by atoms with E-state index in [2.05, 4.69) is 4.90 Å². The molecule has 2 aromatic rings. The SMILES string of the molecule is CC1(C)[C@H]2CC[C@]1(CS(=O)(=O)N1CCN(C[C@H](OCc3ccc(C(F)(F)F)cc3)c3ccc(Cl)cc3)CC1)C(=O)C2. The number of piperazine rings is 1. The zero-order valence-corrected chi connectivity index (χ0v) is 24.9. The van der Waals surface area contributed by atoms with E-state index < -0.39 is 33.3 Å². The number of hydrogen-bond acceptors (Lipinski definition) is 5. The van der Waals surface area contributed by atoms with E-state index in [1.807, 2.05) is 26.0 Å². The summed E-state index contributed by atoms with van der Waals surface area (Å²) in [6.45, 7) is 6.33. The summed E-state index contributed by atoms with van der Waals surface area (Å²) in [6.07, 6.45) is -2.77. The van der Waals surface area contributed by atoms with Gasteiger partial charge in [0.2, 0.25) is 10.0 Å². The highest BCUT2D eigenvalue weighted by Gasteiger charge is 2.65. The van der Waals surface area contributed by atoms with E-state index in [0.717, 1.165) is 24.1 Å². The summed E-state index contributed by atoms with van der Waals surface area (Å²) in [5, 5.41) is 0.575. The summed E-state index contributed by atoms with van der Waals surface area (Å²) < 4.78 is 73.6.